The van der Waals surface area contributed by atoms with Crippen molar-refractivity contribution in [2.45, 2.75) is 114 Å². The first-order valence-electron chi connectivity index (χ1n) is 15.0. The standard InChI is InChI=1S/C29H45Cl2N5O5/c1-15(28(2,3)4)33-27(41)35-21(17-11-6-5-7-12-17)26(40)36-14-18-20(29(18,30)31)22(36)25(39)34-19(23(37)24(32)38)13-16-9-8-10-16/h15-22H,5-14H2,1-4H3,(H2,32,38)(H,34,39)(H2,33,35,41). The number of alkyl halides is 2. The number of likely N-dealkylation sites (tertiary alicyclic amines) is 1. The second-order valence-electron chi connectivity index (χ2n) is 13.6. The van der Waals surface area contributed by atoms with Gasteiger partial charge in [0, 0.05) is 24.4 Å². The second kappa shape index (κ2) is 12.3. The molecule has 3 aliphatic carbocycles. The minimum atomic E-state index is -1.18. The zero-order valence-electron chi connectivity index (χ0n) is 24.5. The van der Waals surface area contributed by atoms with E-state index in [4.69, 9.17) is 28.9 Å². The topological polar surface area (TPSA) is 151 Å². The van der Waals surface area contributed by atoms with E-state index in [0.29, 0.717) is 6.42 Å². The first-order chi connectivity index (χ1) is 19.1. The van der Waals surface area contributed by atoms with Crippen LogP contribution in [-0.2, 0) is 19.2 Å². The number of fused-ring (bicyclic) bond motifs is 1. The van der Waals surface area contributed by atoms with Gasteiger partial charge in [0.25, 0.3) is 5.91 Å². The van der Waals surface area contributed by atoms with Crippen molar-refractivity contribution in [2.75, 3.05) is 6.54 Å². The number of piperidine rings is 1. The van der Waals surface area contributed by atoms with Crippen LogP contribution in [0.25, 0.3) is 0 Å². The number of hydrogen-bond donors (Lipinski definition) is 4. The quantitative estimate of drug-likeness (QED) is 0.220. The maximum Gasteiger partial charge on any atom is 0.315 e. The fourth-order valence-electron chi connectivity index (χ4n) is 6.48. The number of urea groups is 1. The van der Waals surface area contributed by atoms with Crippen LogP contribution in [0.15, 0.2) is 0 Å². The summed E-state index contributed by atoms with van der Waals surface area (Å²) in [7, 11) is 0. The van der Waals surface area contributed by atoms with Gasteiger partial charge in [0.15, 0.2) is 0 Å². The predicted molar refractivity (Wildman–Crippen MR) is 156 cm³/mol. The molecule has 1 aliphatic heterocycles. The second-order valence-corrected chi connectivity index (χ2v) is 15.1. The van der Waals surface area contributed by atoms with Gasteiger partial charge in [0.1, 0.15) is 16.4 Å². The normalized spacial score (nSPS) is 28.0. The summed E-state index contributed by atoms with van der Waals surface area (Å²) in [4.78, 5) is 66.9. The lowest BCUT2D eigenvalue weighted by molar-refractivity contribution is -0.144. The molecule has 4 rings (SSSR count). The molecule has 5 amide bonds. The van der Waals surface area contributed by atoms with Gasteiger partial charge in [-0.3, -0.25) is 19.2 Å². The summed E-state index contributed by atoms with van der Waals surface area (Å²) in [5.41, 5.74) is 5.12. The number of nitrogens with one attached hydrogen (secondary N) is 3. The zero-order valence-corrected chi connectivity index (χ0v) is 26.0. The summed E-state index contributed by atoms with van der Waals surface area (Å²) in [5, 5.41) is 8.61. The summed E-state index contributed by atoms with van der Waals surface area (Å²) in [5.74, 6) is -3.61. The number of carbonyl (C=O) groups excluding carboxylic acids is 5. The summed E-state index contributed by atoms with van der Waals surface area (Å²) >= 11 is 13.0. The lowest BCUT2D eigenvalue weighted by atomic mass is 9.80. The van der Waals surface area contributed by atoms with Crippen LogP contribution in [0.3, 0.4) is 0 Å². The number of Topliss-reactive ketones (excluding diaryl/α,β-unsaturated/α-hetero) is 1. The number of nitrogens with two attached hydrogens (primary N) is 1. The number of nitrogens with zero attached hydrogens (tertiary/aromatic N) is 1. The van der Waals surface area contributed by atoms with Crippen molar-refractivity contribution in [2.24, 2.45) is 34.8 Å². The minimum absolute atomic E-state index is 0.0767. The molecule has 4 fully saturated rings. The van der Waals surface area contributed by atoms with Crippen LogP contribution in [-0.4, -0.2) is 69.5 Å². The fraction of sp³-hybridized carbons (Fsp3) is 0.828. The lowest BCUT2D eigenvalue weighted by Crippen LogP contribution is -2.61. The average molecular weight is 615 g/mol. The SMILES string of the molecule is CC(NC(=O)NC(C(=O)N1CC2C(C1C(=O)NC(CC1CCC1)C(=O)C(N)=O)C2(Cl)Cl)C1CCCCC1)C(C)(C)C. The molecule has 41 heavy (non-hydrogen) atoms. The molecule has 0 spiro atoms. The Morgan fingerprint density at radius 3 is 2.12 bits per heavy atom. The highest BCUT2D eigenvalue weighted by atomic mass is 35.5. The highest BCUT2D eigenvalue weighted by Gasteiger charge is 2.74. The van der Waals surface area contributed by atoms with E-state index in [1.165, 1.54) is 4.90 Å². The van der Waals surface area contributed by atoms with Crippen molar-refractivity contribution < 1.29 is 24.0 Å². The van der Waals surface area contributed by atoms with Crippen molar-refractivity contribution in [3.05, 3.63) is 0 Å². The Balaban J connectivity index is 1.55. The number of carbonyl (C=O) groups is 5. The Bertz CT molecular complexity index is 1050. The molecule has 10 nitrogen and oxygen atoms in total. The molecule has 230 valence electrons. The molecule has 0 aromatic rings. The monoisotopic (exact) mass is 613 g/mol. The minimum Gasteiger partial charge on any atom is -0.363 e. The first kappa shape index (κ1) is 31.9. The molecule has 0 radical (unpaired) electrons. The molecule has 6 unspecified atom stereocenters. The third-order valence-electron chi connectivity index (χ3n) is 9.87. The van der Waals surface area contributed by atoms with Gasteiger partial charge in [-0.15, -0.1) is 23.2 Å². The molecular formula is C29H45Cl2N5O5. The number of hydrogen-bond acceptors (Lipinski definition) is 5. The molecule has 0 aromatic carbocycles. The van der Waals surface area contributed by atoms with Gasteiger partial charge >= 0.3 is 6.03 Å². The van der Waals surface area contributed by atoms with Gasteiger partial charge in [-0.2, -0.15) is 0 Å². The molecule has 1 heterocycles. The van der Waals surface area contributed by atoms with Gasteiger partial charge in [-0.05, 0) is 43.4 Å². The van der Waals surface area contributed by atoms with Crippen LogP contribution in [0.2, 0.25) is 0 Å². The third-order valence-corrected chi connectivity index (χ3v) is 10.9. The van der Waals surface area contributed by atoms with Crippen LogP contribution in [0.4, 0.5) is 4.79 Å². The van der Waals surface area contributed by atoms with E-state index in [0.717, 1.165) is 51.4 Å². The van der Waals surface area contributed by atoms with E-state index in [9.17, 15) is 24.0 Å². The number of rotatable bonds is 10. The summed E-state index contributed by atoms with van der Waals surface area (Å²) in [6, 6.07) is -3.51. The Labute approximate surface area is 252 Å². The van der Waals surface area contributed by atoms with Crippen LogP contribution in [0.5, 0.6) is 0 Å². The predicted octanol–water partition coefficient (Wildman–Crippen LogP) is 3.03. The highest BCUT2D eigenvalue weighted by Crippen LogP contribution is 2.65. The van der Waals surface area contributed by atoms with E-state index < -0.39 is 52.0 Å². The van der Waals surface area contributed by atoms with Crippen LogP contribution < -0.4 is 21.7 Å². The van der Waals surface area contributed by atoms with Crippen molar-refractivity contribution in [1.29, 1.82) is 0 Å². The average Bonchev–Trinajstić information content (AvgIpc) is 3.20. The Morgan fingerprint density at radius 2 is 1.59 bits per heavy atom. The molecule has 0 bridgehead atoms. The smallest absolute Gasteiger partial charge is 0.315 e. The van der Waals surface area contributed by atoms with E-state index in [1.807, 2.05) is 27.7 Å². The molecule has 1 saturated heterocycles. The molecule has 6 atom stereocenters. The number of primary amides is 1. The summed E-state index contributed by atoms with van der Waals surface area (Å²) in [6.45, 7) is 8.14. The van der Waals surface area contributed by atoms with Crippen molar-refractivity contribution in [1.82, 2.24) is 20.9 Å². The zero-order chi connectivity index (χ0) is 30.3. The number of halogens is 2. The van der Waals surface area contributed by atoms with E-state index in [1.54, 1.807) is 0 Å². The van der Waals surface area contributed by atoms with Crippen LogP contribution in [0, 0.1) is 29.1 Å². The van der Waals surface area contributed by atoms with Gasteiger partial charge in [-0.1, -0.05) is 59.3 Å². The van der Waals surface area contributed by atoms with E-state index in [-0.39, 0.29) is 41.7 Å². The maximum atomic E-state index is 14.2. The first-order valence-corrected chi connectivity index (χ1v) is 15.8. The molecule has 4 aliphatic rings. The third kappa shape index (κ3) is 6.95. The fourth-order valence-corrected chi connectivity index (χ4v) is 7.31. The molecule has 12 heteroatoms. The van der Waals surface area contributed by atoms with Crippen LogP contribution >= 0.6 is 23.2 Å². The summed E-state index contributed by atoms with van der Waals surface area (Å²) in [6.07, 6.45) is 7.72. The number of ketones is 1. The molecular weight excluding hydrogens is 569 g/mol. The largest absolute Gasteiger partial charge is 0.363 e. The Hall–Kier alpha value is -2.07. The molecule has 3 saturated carbocycles. The maximum absolute atomic E-state index is 14.2. The van der Waals surface area contributed by atoms with Gasteiger partial charge < -0.3 is 26.6 Å². The van der Waals surface area contributed by atoms with Gasteiger partial charge in [-0.25, -0.2) is 4.79 Å². The number of amides is 5. The van der Waals surface area contributed by atoms with Crippen molar-refractivity contribution >= 4 is 52.7 Å². The Morgan fingerprint density at radius 1 is 0.951 bits per heavy atom. The van der Waals surface area contributed by atoms with Gasteiger partial charge in [0.05, 0.1) is 6.04 Å². The van der Waals surface area contributed by atoms with Crippen LogP contribution in [0.1, 0.15) is 85.5 Å². The highest BCUT2D eigenvalue weighted by molar-refractivity contribution is 6.51. The van der Waals surface area contributed by atoms with Gasteiger partial charge in [0.2, 0.25) is 17.6 Å². The molecule has 0 aromatic heterocycles. The lowest BCUT2D eigenvalue weighted by Gasteiger charge is -2.37. The van der Waals surface area contributed by atoms with Crippen molar-refractivity contribution in [3.8, 4) is 0 Å². The van der Waals surface area contributed by atoms with E-state index >= 15 is 0 Å². The summed E-state index contributed by atoms with van der Waals surface area (Å²) < 4.78 is -1.18. The van der Waals surface area contributed by atoms with E-state index in [2.05, 4.69) is 16.0 Å². The van der Waals surface area contributed by atoms with Crippen molar-refractivity contribution in [3.63, 3.8) is 0 Å². The Kier molecular flexibility index (Phi) is 9.53. The molecule has 5 N–H and O–H groups in total.